The maximum Gasteiger partial charge on any atom is 0.247 e. The zero-order valence-corrected chi connectivity index (χ0v) is 14.5. The first-order valence-electron chi connectivity index (χ1n) is 6.82. The first kappa shape index (κ1) is 15.4. The van der Waals surface area contributed by atoms with Crippen LogP contribution in [0.1, 0.15) is 25.3 Å². The van der Waals surface area contributed by atoms with Crippen molar-refractivity contribution in [1.82, 2.24) is 15.2 Å². The summed E-state index contributed by atoms with van der Waals surface area (Å²) in [5.74, 6) is 0.990. The predicted octanol–water partition coefficient (Wildman–Crippen LogP) is 5.54. The van der Waals surface area contributed by atoms with Crippen LogP contribution in [0, 0.1) is 0 Å². The van der Waals surface area contributed by atoms with E-state index in [-0.39, 0.29) is 0 Å². The molecule has 0 amide bonds. The van der Waals surface area contributed by atoms with Gasteiger partial charge in [0, 0.05) is 5.69 Å². The van der Waals surface area contributed by atoms with E-state index in [1.807, 2.05) is 29.6 Å². The molecule has 0 atom stereocenters. The second-order valence-electron chi connectivity index (χ2n) is 4.99. The third-order valence-corrected chi connectivity index (χ3v) is 5.63. The van der Waals surface area contributed by atoms with Crippen molar-refractivity contribution in [3.8, 4) is 0 Å². The maximum atomic E-state index is 6.09. The summed E-state index contributed by atoms with van der Waals surface area (Å²) in [6, 6.07) is 10.1. The van der Waals surface area contributed by atoms with E-state index in [9.17, 15) is 0 Å². The Kier molecular flexibility index (Phi) is 4.71. The third-order valence-electron chi connectivity index (χ3n) is 3.07. The number of nitrogens with zero attached hydrogens (tertiary/aromatic N) is 2. The molecule has 2 N–H and O–H groups in total. The lowest BCUT2D eigenvalue weighted by Gasteiger charge is -2.12. The van der Waals surface area contributed by atoms with Gasteiger partial charge in [-0.15, -0.1) is 16.4 Å². The number of aromatic amines is 1. The molecule has 0 aliphatic carbocycles. The fourth-order valence-electron chi connectivity index (χ4n) is 2.02. The molecule has 0 saturated heterocycles. The monoisotopic (exact) mass is 350 g/mol. The average Bonchev–Trinajstić information content (AvgIpc) is 3.10. The number of anilines is 2. The first-order chi connectivity index (χ1) is 10.6. The minimum atomic E-state index is 0.432. The number of nitrogens with one attached hydrogen (secondary N) is 2. The number of hydrogen-bond donors (Lipinski definition) is 2. The second kappa shape index (κ2) is 6.73. The van der Waals surface area contributed by atoms with Gasteiger partial charge < -0.3 is 5.32 Å². The van der Waals surface area contributed by atoms with Crippen LogP contribution < -0.4 is 5.32 Å². The van der Waals surface area contributed by atoms with Crippen LogP contribution in [0.25, 0.3) is 0 Å². The highest BCUT2D eigenvalue weighted by atomic mass is 35.5. The molecule has 0 spiro atoms. The van der Waals surface area contributed by atoms with Crippen molar-refractivity contribution >= 4 is 46.3 Å². The number of H-pyrrole nitrogens is 1. The van der Waals surface area contributed by atoms with Crippen LogP contribution >= 0.6 is 34.7 Å². The van der Waals surface area contributed by atoms with Crippen molar-refractivity contribution in [2.24, 2.45) is 0 Å². The summed E-state index contributed by atoms with van der Waals surface area (Å²) < 4.78 is 1.01. The molecule has 3 aromatic rings. The van der Waals surface area contributed by atoms with Crippen LogP contribution in [0.3, 0.4) is 0 Å². The Morgan fingerprint density at radius 3 is 2.82 bits per heavy atom. The average molecular weight is 351 g/mol. The summed E-state index contributed by atoms with van der Waals surface area (Å²) in [4.78, 5) is 4.46. The highest BCUT2D eigenvalue weighted by molar-refractivity contribution is 8.01. The van der Waals surface area contributed by atoms with Gasteiger partial charge in [-0.05, 0) is 40.8 Å². The van der Waals surface area contributed by atoms with E-state index in [0.717, 1.165) is 14.9 Å². The van der Waals surface area contributed by atoms with E-state index in [4.69, 9.17) is 11.6 Å². The molecule has 2 aromatic heterocycles. The number of halogens is 1. The Morgan fingerprint density at radius 2 is 2.09 bits per heavy atom. The normalized spacial score (nSPS) is 11.1. The fraction of sp³-hybridized carbons (Fsp3) is 0.200. The second-order valence-corrected chi connectivity index (χ2v) is 7.57. The first-order valence-corrected chi connectivity index (χ1v) is 8.90. The minimum absolute atomic E-state index is 0.432. The quantitative estimate of drug-likeness (QED) is 0.634. The van der Waals surface area contributed by atoms with Crippen LogP contribution in [0.2, 0.25) is 5.02 Å². The summed E-state index contributed by atoms with van der Waals surface area (Å²) >= 11 is 9.16. The largest absolute Gasteiger partial charge is 0.323 e. The molecule has 1 aromatic carbocycles. The predicted molar refractivity (Wildman–Crippen MR) is 93.6 cm³/mol. The van der Waals surface area contributed by atoms with E-state index in [1.165, 1.54) is 17.3 Å². The number of benzene rings is 1. The molecule has 114 valence electrons. The Balaban J connectivity index is 1.76. The summed E-state index contributed by atoms with van der Waals surface area (Å²) in [5, 5.41) is 13.8. The standard InChI is InChI=1S/C15H15ClN4S2/c1-9(2)10-5-3-4-6-12(10)17-14-18-15(20-19-14)22-13-11(16)7-8-21-13/h3-9H,1-2H3,(H2,17,18,19,20). The van der Waals surface area contributed by atoms with Gasteiger partial charge in [0.25, 0.3) is 0 Å². The van der Waals surface area contributed by atoms with Gasteiger partial charge in [-0.2, -0.15) is 4.98 Å². The molecule has 7 heteroatoms. The zero-order valence-electron chi connectivity index (χ0n) is 12.1. The Bertz CT molecular complexity index is 766. The van der Waals surface area contributed by atoms with Crippen molar-refractivity contribution < 1.29 is 0 Å². The molecule has 0 unspecified atom stereocenters. The number of para-hydroxylation sites is 1. The Hall–Kier alpha value is -1.50. The Morgan fingerprint density at radius 1 is 1.27 bits per heavy atom. The van der Waals surface area contributed by atoms with Crippen LogP contribution in [0.4, 0.5) is 11.6 Å². The van der Waals surface area contributed by atoms with E-state index in [2.05, 4.69) is 40.4 Å². The number of hydrogen-bond acceptors (Lipinski definition) is 5. The van der Waals surface area contributed by atoms with E-state index in [0.29, 0.717) is 17.0 Å². The molecule has 3 rings (SSSR count). The molecule has 2 heterocycles. The molecule has 0 radical (unpaired) electrons. The van der Waals surface area contributed by atoms with E-state index < -0.39 is 0 Å². The van der Waals surface area contributed by atoms with Crippen LogP contribution in [0.5, 0.6) is 0 Å². The molecule has 0 fully saturated rings. The molecule has 4 nitrogen and oxygen atoms in total. The topological polar surface area (TPSA) is 53.6 Å². The molecule has 22 heavy (non-hydrogen) atoms. The van der Waals surface area contributed by atoms with Crippen molar-refractivity contribution in [3.05, 3.63) is 46.3 Å². The lowest BCUT2D eigenvalue weighted by atomic mass is 10.0. The summed E-state index contributed by atoms with van der Waals surface area (Å²) in [6.07, 6.45) is 0. The molecule has 0 aliphatic heterocycles. The SMILES string of the molecule is CC(C)c1ccccc1Nc1n[nH]c(Sc2sccc2Cl)n1. The van der Waals surface area contributed by atoms with E-state index >= 15 is 0 Å². The van der Waals surface area contributed by atoms with Crippen molar-refractivity contribution in [2.75, 3.05) is 5.32 Å². The van der Waals surface area contributed by atoms with Crippen molar-refractivity contribution in [3.63, 3.8) is 0 Å². The number of thiophene rings is 1. The highest BCUT2D eigenvalue weighted by Crippen LogP contribution is 2.36. The summed E-state index contributed by atoms with van der Waals surface area (Å²) in [6.45, 7) is 4.33. The summed E-state index contributed by atoms with van der Waals surface area (Å²) in [7, 11) is 0. The molecular formula is C15H15ClN4S2. The lowest BCUT2D eigenvalue weighted by Crippen LogP contribution is -1.98. The van der Waals surface area contributed by atoms with Gasteiger partial charge in [0.2, 0.25) is 5.95 Å². The van der Waals surface area contributed by atoms with Gasteiger partial charge in [-0.3, -0.25) is 5.10 Å². The van der Waals surface area contributed by atoms with Crippen LogP contribution in [0.15, 0.2) is 45.1 Å². The smallest absolute Gasteiger partial charge is 0.247 e. The molecular weight excluding hydrogens is 336 g/mol. The number of rotatable bonds is 5. The van der Waals surface area contributed by atoms with Gasteiger partial charge in [0.15, 0.2) is 5.16 Å². The molecule has 0 aliphatic rings. The van der Waals surface area contributed by atoms with Gasteiger partial charge in [-0.1, -0.05) is 43.6 Å². The Labute approximate surface area is 142 Å². The third kappa shape index (κ3) is 3.45. The minimum Gasteiger partial charge on any atom is -0.323 e. The van der Waals surface area contributed by atoms with Gasteiger partial charge in [0.05, 0.1) is 9.23 Å². The maximum absolute atomic E-state index is 6.09. The van der Waals surface area contributed by atoms with Gasteiger partial charge >= 0.3 is 0 Å². The van der Waals surface area contributed by atoms with Crippen LogP contribution in [-0.4, -0.2) is 15.2 Å². The fourth-order valence-corrected chi connectivity index (χ4v) is 4.08. The van der Waals surface area contributed by atoms with Crippen LogP contribution in [-0.2, 0) is 0 Å². The molecule has 0 saturated carbocycles. The van der Waals surface area contributed by atoms with Gasteiger partial charge in [0.1, 0.15) is 0 Å². The lowest BCUT2D eigenvalue weighted by molar-refractivity contribution is 0.868. The zero-order chi connectivity index (χ0) is 15.5. The van der Waals surface area contributed by atoms with Crippen molar-refractivity contribution in [2.45, 2.75) is 29.1 Å². The molecule has 0 bridgehead atoms. The summed E-state index contributed by atoms with van der Waals surface area (Å²) in [5.41, 5.74) is 2.27. The van der Waals surface area contributed by atoms with Gasteiger partial charge in [-0.25, -0.2) is 0 Å². The number of aromatic nitrogens is 3. The highest BCUT2D eigenvalue weighted by Gasteiger charge is 2.11. The van der Waals surface area contributed by atoms with E-state index in [1.54, 1.807) is 11.3 Å². The van der Waals surface area contributed by atoms with Crippen molar-refractivity contribution in [1.29, 1.82) is 0 Å².